The van der Waals surface area contributed by atoms with E-state index in [9.17, 15) is 9.18 Å². The lowest BCUT2D eigenvalue weighted by molar-refractivity contribution is 0.105. The van der Waals surface area contributed by atoms with Crippen LogP contribution in [0.3, 0.4) is 0 Å². The Balaban J connectivity index is 2.10. The van der Waals surface area contributed by atoms with Crippen LogP contribution in [0.25, 0.3) is 6.08 Å². The van der Waals surface area contributed by atoms with Crippen molar-refractivity contribution >= 4 is 23.2 Å². The van der Waals surface area contributed by atoms with Crippen molar-refractivity contribution in [3.05, 3.63) is 64.1 Å². The van der Waals surface area contributed by atoms with Gasteiger partial charge in [0.05, 0.1) is 4.88 Å². The minimum Gasteiger partial charge on any atom is -0.288 e. The van der Waals surface area contributed by atoms with Crippen LogP contribution in [0, 0.1) is 5.82 Å². The second kappa shape index (κ2) is 4.86. The fourth-order valence-corrected chi connectivity index (χ4v) is 1.89. The van der Waals surface area contributed by atoms with Gasteiger partial charge in [-0.15, -0.1) is 11.3 Å². The molecular formula is C13H9FOS. The zero-order valence-corrected chi connectivity index (χ0v) is 9.21. The predicted octanol–water partition coefficient (Wildman–Crippen LogP) is 3.78. The van der Waals surface area contributed by atoms with Crippen molar-refractivity contribution in [1.82, 2.24) is 0 Å². The summed E-state index contributed by atoms with van der Waals surface area (Å²) in [5, 5.41) is 1.86. The second-order valence-corrected chi connectivity index (χ2v) is 4.17. The molecule has 0 saturated carbocycles. The summed E-state index contributed by atoms with van der Waals surface area (Å²) in [4.78, 5) is 12.3. The van der Waals surface area contributed by atoms with E-state index in [2.05, 4.69) is 0 Å². The largest absolute Gasteiger partial charge is 0.288 e. The lowest BCUT2D eigenvalue weighted by Gasteiger charge is -1.92. The zero-order chi connectivity index (χ0) is 11.4. The Morgan fingerprint density at radius 1 is 1.19 bits per heavy atom. The molecule has 0 aliphatic carbocycles. The van der Waals surface area contributed by atoms with Gasteiger partial charge < -0.3 is 0 Å². The second-order valence-electron chi connectivity index (χ2n) is 3.23. The van der Waals surface area contributed by atoms with Crippen molar-refractivity contribution in [1.29, 1.82) is 0 Å². The van der Waals surface area contributed by atoms with Gasteiger partial charge in [0.15, 0.2) is 5.78 Å². The highest BCUT2D eigenvalue weighted by atomic mass is 32.1. The number of carbonyl (C=O) groups excluding carboxylic acids is 1. The van der Waals surface area contributed by atoms with Gasteiger partial charge in [0, 0.05) is 0 Å². The first-order valence-corrected chi connectivity index (χ1v) is 5.65. The minimum absolute atomic E-state index is 0.0284. The van der Waals surface area contributed by atoms with Crippen LogP contribution in [0.4, 0.5) is 4.39 Å². The van der Waals surface area contributed by atoms with E-state index in [1.165, 1.54) is 29.5 Å². The average molecular weight is 232 g/mol. The van der Waals surface area contributed by atoms with Crippen LogP contribution in [-0.4, -0.2) is 5.78 Å². The van der Waals surface area contributed by atoms with E-state index in [4.69, 9.17) is 0 Å². The monoisotopic (exact) mass is 232 g/mol. The quantitative estimate of drug-likeness (QED) is 0.581. The first-order valence-electron chi connectivity index (χ1n) is 4.77. The van der Waals surface area contributed by atoms with E-state index in [-0.39, 0.29) is 11.6 Å². The van der Waals surface area contributed by atoms with Gasteiger partial charge in [-0.05, 0) is 35.2 Å². The summed E-state index contributed by atoms with van der Waals surface area (Å²) >= 11 is 1.41. The van der Waals surface area contributed by atoms with Gasteiger partial charge in [-0.3, -0.25) is 4.79 Å². The molecule has 2 aromatic rings. The van der Waals surface area contributed by atoms with Crippen molar-refractivity contribution in [3.8, 4) is 0 Å². The summed E-state index contributed by atoms with van der Waals surface area (Å²) in [6, 6.07) is 9.62. The van der Waals surface area contributed by atoms with Crippen LogP contribution >= 0.6 is 11.3 Å². The normalized spacial score (nSPS) is 10.8. The number of thiophene rings is 1. The standard InChI is InChI=1S/C13H9FOS/c14-11-6-3-10(4-7-11)5-8-12(15)13-2-1-9-16-13/h1-9H/b8-5+. The molecule has 0 atom stereocenters. The number of carbonyl (C=O) groups is 1. The number of rotatable bonds is 3. The highest BCUT2D eigenvalue weighted by Gasteiger charge is 2.01. The van der Waals surface area contributed by atoms with Gasteiger partial charge in [-0.25, -0.2) is 4.39 Å². The molecule has 0 saturated heterocycles. The van der Waals surface area contributed by atoms with E-state index >= 15 is 0 Å². The molecule has 0 spiro atoms. The Bertz CT molecular complexity index is 497. The molecule has 80 valence electrons. The van der Waals surface area contributed by atoms with E-state index in [0.717, 1.165) is 5.56 Å². The highest BCUT2D eigenvalue weighted by molar-refractivity contribution is 7.12. The molecule has 1 aromatic carbocycles. The maximum atomic E-state index is 12.6. The summed E-state index contributed by atoms with van der Waals surface area (Å²) < 4.78 is 12.6. The van der Waals surface area contributed by atoms with Crippen LogP contribution in [-0.2, 0) is 0 Å². The van der Waals surface area contributed by atoms with Crippen LogP contribution in [0.1, 0.15) is 15.2 Å². The summed E-state index contributed by atoms with van der Waals surface area (Å²) in [7, 11) is 0. The van der Waals surface area contributed by atoms with Crippen LogP contribution in [0.15, 0.2) is 47.9 Å². The van der Waals surface area contributed by atoms with Gasteiger partial charge >= 0.3 is 0 Å². The third-order valence-electron chi connectivity index (χ3n) is 2.06. The zero-order valence-electron chi connectivity index (χ0n) is 8.39. The van der Waals surface area contributed by atoms with Gasteiger partial charge in [-0.1, -0.05) is 24.3 Å². The minimum atomic E-state index is -0.276. The number of hydrogen-bond acceptors (Lipinski definition) is 2. The van der Waals surface area contributed by atoms with Gasteiger partial charge in [0.1, 0.15) is 5.82 Å². The van der Waals surface area contributed by atoms with Gasteiger partial charge in [0.2, 0.25) is 0 Å². The first-order chi connectivity index (χ1) is 7.75. The molecule has 0 aliphatic rings. The molecule has 0 amide bonds. The number of hydrogen-bond donors (Lipinski definition) is 0. The molecule has 0 radical (unpaired) electrons. The molecule has 1 aromatic heterocycles. The molecule has 1 heterocycles. The Morgan fingerprint density at radius 2 is 1.94 bits per heavy atom. The van der Waals surface area contributed by atoms with Crippen molar-refractivity contribution in [2.45, 2.75) is 0 Å². The average Bonchev–Trinajstić information content (AvgIpc) is 2.81. The number of allylic oxidation sites excluding steroid dienone is 1. The Hall–Kier alpha value is -1.74. The summed E-state index contributed by atoms with van der Waals surface area (Å²) in [6.45, 7) is 0. The van der Waals surface area contributed by atoms with Gasteiger partial charge in [-0.2, -0.15) is 0 Å². The summed E-state index contributed by atoms with van der Waals surface area (Å²) in [5.41, 5.74) is 0.811. The third-order valence-corrected chi connectivity index (χ3v) is 2.95. The SMILES string of the molecule is O=C(/C=C/c1ccc(F)cc1)c1cccs1. The lowest BCUT2D eigenvalue weighted by Crippen LogP contribution is -1.88. The molecule has 0 fully saturated rings. The molecule has 1 nitrogen and oxygen atoms in total. The maximum absolute atomic E-state index is 12.6. The fourth-order valence-electron chi connectivity index (χ4n) is 1.25. The van der Waals surface area contributed by atoms with Gasteiger partial charge in [0.25, 0.3) is 0 Å². The van der Waals surface area contributed by atoms with Crippen LogP contribution in [0.5, 0.6) is 0 Å². The molecule has 0 N–H and O–H groups in total. The Morgan fingerprint density at radius 3 is 2.56 bits per heavy atom. The van der Waals surface area contributed by atoms with E-state index in [1.807, 2.05) is 11.4 Å². The van der Waals surface area contributed by atoms with E-state index in [1.54, 1.807) is 24.3 Å². The molecular weight excluding hydrogens is 223 g/mol. The van der Waals surface area contributed by atoms with E-state index < -0.39 is 0 Å². The number of halogens is 1. The number of ketones is 1. The Labute approximate surface area is 96.9 Å². The molecule has 2 rings (SSSR count). The van der Waals surface area contributed by atoms with Crippen LogP contribution < -0.4 is 0 Å². The predicted molar refractivity (Wildman–Crippen MR) is 64.1 cm³/mol. The molecule has 0 bridgehead atoms. The third kappa shape index (κ3) is 2.64. The highest BCUT2D eigenvalue weighted by Crippen LogP contribution is 2.11. The van der Waals surface area contributed by atoms with Crippen molar-refractivity contribution in [3.63, 3.8) is 0 Å². The molecule has 16 heavy (non-hydrogen) atoms. The Kier molecular flexibility index (Phi) is 3.27. The van der Waals surface area contributed by atoms with E-state index in [0.29, 0.717) is 4.88 Å². The van der Waals surface area contributed by atoms with Crippen LogP contribution in [0.2, 0.25) is 0 Å². The van der Waals surface area contributed by atoms with Crippen molar-refractivity contribution in [2.24, 2.45) is 0 Å². The maximum Gasteiger partial charge on any atom is 0.195 e. The van der Waals surface area contributed by atoms with Crippen molar-refractivity contribution < 1.29 is 9.18 Å². The fraction of sp³-hybridized carbons (Fsp3) is 0. The molecule has 0 aliphatic heterocycles. The smallest absolute Gasteiger partial charge is 0.195 e. The summed E-state index contributed by atoms with van der Waals surface area (Å²) in [5.74, 6) is -0.305. The topological polar surface area (TPSA) is 17.1 Å². The number of benzene rings is 1. The summed E-state index contributed by atoms with van der Waals surface area (Å²) in [6.07, 6.45) is 3.18. The molecule has 3 heteroatoms. The molecule has 0 unspecified atom stereocenters. The first kappa shape index (κ1) is 10.8. The van der Waals surface area contributed by atoms with Crippen molar-refractivity contribution in [2.75, 3.05) is 0 Å². The lowest BCUT2D eigenvalue weighted by atomic mass is 10.2.